The van der Waals surface area contributed by atoms with Crippen LogP contribution < -0.4 is 0 Å². The molecule has 1 aliphatic rings. The number of carbonyl (C=O) groups is 1. The third kappa shape index (κ3) is 3.14. The first-order chi connectivity index (χ1) is 10.8. The molecule has 1 aliphatic heterocycles. The van der Waals surface area contributed by atoms with E-state index in [4.69, 9.17) is 5.26 Å². The van der Waals surface area contributed by atoms with Crippen molar-refractivity contribution in [3.8, 4) is 6.07 Å². The molecule has 1 aromatic carbocycles. The van der Waals surface area contributed by atoms with E-state index in [1.807, 2.05) is 27.9 Å². The Morgan fingerprint density at radius 3 is 2.86 bits per heavy atom. The highest BCUT2D eigenvalue weighted by Crippen LogP contribution is 2.21. The Hall–Kier alpha value is -2.68. The van der Waals surface area contributed by atoms with Crippen LogP contribution in [-0.2, 0) is 11.2 Å². The van der Waals surface area contributed by atoms with Gasteiger partial charge in [-0.15, -0.1) is 5.10 Å². The van der Waals surface area contributed by atoms with Crippen molar-refractivity contribution >= 4 is 5.91 Å². The van der Waals surface area contributed by atoms with Gasteiger partial charge in [-0.2, -0.15) is 5.26 Å². The smallest absolute Gasteiger partial charge is 0.222 e. The molecule has 112 valence electrons. The van der Waals surface area contributed by atoms with Crippen LogP contribution in [0.3, 0.4) is 0 Å². The maximum Gasteiger partial charge on any atom is 0.222 e. The van der Waals surface area contributed by atoms with Crippen molar-refractivity contribution in [3.05, 3.63) is 47.8 Å². The zero-order chi connectivity index (χ0) is 15.4. The van der Waals surface area contributed by atoms with Crippen LogP contribution in [0.5, 0.6) is 0 Å². The van der Waals surface area contributed by atoms with E-state index in [0.717, 1.165) is 18.5 Å². The predicted molar refractivity (Wildman–Crippen MR) is 79.7 cm³/mol. The third-order valence-electron chi connectivity index (χ3n) is 4.04. The Morgan fingerprint density at radius 2 is 2.18 bits per heavy atom. The first-order valence-corrected chi connectivity index (χ1v) is 7.39. The number of aromatic nitrogens is 3. The Bertz CT molecular complexity index is 672. The molecule has 1 fully saturated rings. The van der Waals surface area contributed by atoms with Crippen molar-refractivity contribution < 1.29 is 4.79 Å². The van der Waals surface area contributed by atoms with Crippen LogP contribution in [0.25, 0.3) is 0 Å². The fourth-order valence-electron chi connectivity index (χ4n) is 2.75. The van der Waals surface area contributed by atoms with Gasteiger partial charge >= 0.3 is 0 Å². The SMILES string of the molecule is N#Cc1ccc(CCC(=O)N2CC[C@@H](n3ccnn3)C2)cc1. The number of likely N-dealkylation sites (tertiary alicyclic amines) is 1. The van der Waals surface area contributed by atoms with Gasteiger partial charge in [-0.25, -0.2) is 4.68 Å². The summed E-state index contributed by atoms with van der Waals surface area (Å²) in [5.41, 5.74) is 1.73. The minimum Gasteiger partial charge on any atom is -0.340 e. The fourth-order valence-corrected chi connectivity index (χ4v) is 2.75. The van der Waals surface area contributed by atoms with E-state index in [9.17, 15) is 4.79 Å². The molecule has 6 nitrogen and oxygen atoms in total. The number of amides is 1. The van der Waals surface area contributed by atoms with Crippen molar-refractivity contribution in [2.45, 2.75) is 25.3 Å². The van der Waals surface area contributed by atoms with E-state index in [-0.39, 0.29) is 11.9 Å². The molecule has 0 spiro atoms. The monoisotopic (exact) mass is 295 g/mol. The molecule has 2 aromatic rings. The van der Waals surface area contributed by atoms with Crippen molar-refractivity contribution in [1.82, 2.24) is 19.9 Å². The standard InChI is InChI=1S/C16H17N5O/c17-11-14-3-1-13(2-4-14)5-6-16(22)20-9-7-15(12-20)21-10-8-18-19-21/h1-4,8,10,15H,5-7,9,12H2/t15-/m1/s1. The number of benzene rings is 1. The molecule has 0 saturated carbocycles. The molecule has 0 bridgehead atoms. The number of rotatable bonds is 4. The Kier molecular flexibility index (Phi) is 4.15. The van der Waals surface area contributed by atoms with Crippen LogP contribution in [0.15, 0.2) is 36.7 Å². The van der Waals surface area contributed by atoms with E-state index >= 15 is 0 Å². The molecule has 1 amide bonds. The van der Waals surface area contributed by atoms with E-state index < -0.39 is 0 Å². The largest absolute Gasteiger partial charge is 0.340 e. The molecule has 0 aliphatic carbocycles. The van der Waals surface area contributed by atoms with Crippen LogP contribution in [0.4, 0.5) is 0 Å². The molecule has 1 aromatic heterocycles. The Balaban J connectivity index is 1.51. The molecule has 3 rings (SSSR count). The second-order valence-corrected chi connectivity index (χ2v) is 5.47. The van der Waals surface area contributed by atoms with Gasteiger partial charge in [0.15, 0.2) is 0 Å². The summed E-state index contributed by atoms with van der Waals surface area (Å²) in [4.78, 5) is 14.2. The first kappa shape index (κ1) is 14.3. The average Bonchev–Trinajstić information content (AvgIpc) is 3.23. The van der Waals surface area contributed by atoms with Gasteiger partial charge in [0.1, 0.15) is 0 Å². The summed E-state index contributed by atoms with van der Waals surface area (Å²) < 4.78 is 1.83. The Morgan fingerprint density at radius 1 is 1.36 bits per heavy atom. The maximum absolute atomic E-state index is 12.3. The van der Waals surface area contributed by atoms with Crippen LogP contribution >= 0.6 is 0 Å². The summed E-state index contributed by atoms with van der Waals surface area (Å²) in [6, 6.07) is 9.73. The van der Waals surface area contributed by atoms with Gasteiger partial charge in [0.25, 0.3) is 0 Å². The second kappa shape index (κ2) is 6.39. The predicted octanol–water partition coefficient (Wildman–Crippen LogP) is 1.56. The first-order valence-electron chi connectivity index (χ1n) is 7.39. The van der Waals surface area contributed by atoms with Gasteiger partial charge < -0.3 is 4.90 Å². The van der Waals surface area contributed by atoms with Gasteiger partial charge in [-0.1, -0.05) is 17.3 Å². The zero-order valence-electron chi connectivity index (χ0n) is 12.2. The summed E-state index contributed by atoms with van der Waals surface area (Å²) in [5.74, 6) is 0.173. The molecule has 1 atom stereocenters. The van der Waals surface area contributed by atoms with Crippen LogP contribution in [0.1, 0.15) is 30.0 Å². The summed E-state index contributed by atoms with van der Waals surface area (Å²) >= 11 is 0. The third-order valence-corrected chi connectivity index (χ3v) is 4.04. The summed E-state index contributed by atoms with van der Waals surface area (Å²) in [6.45, 7) is 1.48. The van der Waals surface area contributed by atoms with Gasteiger partial charge in [0, 0.05) is 25.7 Å². The highest BCUT2D eigenvalue weighted by Gasteiger charge is 2.27. The molecular weight excluding hydrogens is 278 g/mol. The number of hydrogen-bond acceptors (Lipinski definition) is 4. The Labute approximate surface area is 129 Å². The highest BCUT2D eigenvalue weighted by atomic mass is 16.2. The van der Waals surface area contributed by atoms with E-state index in [1.54, 1.807) is 18.3 Å². The maximum atomic E-state index is 12.3. The fraction of sp³-hybridized carbons (Fsp3) is 0.375. The summed E-state index contributed by atoms with van der Waals surface area (Å²) in [5, 5.41) is 16.6. The van der Waals surface area contributed by atoms with Crippen LogP contribution in [0.2, 0.25) is 0 Å². The lowest BCUT2D eigenvalue weighted by molar-refractivity contribution is -0.130. The molecular formula is C16H17N5O. The van der Waals surface area contributed by atoms with Crippen molar-refractivity contribution in [2.75, 3.05) is 13.1 Å². The van der Waals surface area contributed by atoms with Gasteiger partial charge in [-0.05, 0) is 30.5 Å². The molecule has 2 heterocycles. The van der Waals surface area contributed by atoms with E-state index in [1.165, 1.54) is 0 Å². The number of aryl methyl sites for hydroxylation is 1. The normalized spacial score (nSPS) is 17.4. The lowest BCUT2D eigenvalue weighted by Crippen LogP contribution is -2.29. The number of carbonyl (C=O) groups excluding carboxylic acids is 1. The van der Waals surface area contributed by atoms with E-state index in [0.29, 0.717) is 24.9 Å². The summed E-state index contributed by atoms with van der Waals surface area (Å²) in [7, 11) is 0. The van der Waals surface area contributed by atoms with Crippen LogP contribution in [-0.4, -0.2) is 38.9 Å². The lowest BCUT2D eigenvalue weighted by atomic mass is 10.1. The molecule has 0 radical (unpaired) electrons. The quantitative estimate of drug-likeness (QED) is 0.857. The molecule has 22 heavy (non-hydrogen) atoms. The van der Waals surface area contributed by atoms with Crippen molar-refractivity contribution in [1.29, 1.82) is 5.26 Å². The van der Waals surface area contributed by atoms with Crippen molar-refractivity contribution in [2.24, 2.45) is 0 Å². The van der Waals surface area contributed by atoms with Crippen LogP contribution in [0, 0.1) is 11.3 Å². The number of nitriles is 1. The molecule has 1 saturated heterocycles. The average molecular weight is 295 g/mol. The number of hydrogen-bond donors (Lipinski definition) is 0. The van der Waals surface area contributed by atoms with Gasteiger partial charge in [0.2, 0.25) is 5.91 Å². The molecule has 0 N–H and O–H groups in total. The summed E-state index contributed by atoms with van der Waals surface area (Å²) in [6.07, 6.45) is 5.63. The zero-order valence-corrected chi connectivity index (χ0v) is 12.2. The number of nitrogens with zero attached hydrogens (tertiary/aromatic N) is 5. The second-order valence-electron chi connectivity index (χ2n) is 5.47. The van der Waals surface area contributed by atoms with E-state index in [2.05, 4.69) is 16.4 Å². The lowest BCUT2D eigenvalue weighted by Gasteiger charge is -2.16. The minimum absolute atomic E-state index is 0.173. The highest BCUT2D eigenvalue weighted by molar-refractivity contribution is 5.76. The van der Waals surface area contributed by atoms with Gasteiger partial charge in [0.05, 0.1) is 23.9 Å². The minimum atomic E-state index is 0.173. The molecule has 0 unspecified atom stereocenters. The van der Waals surface area contributed by atoms with Crippen molar-refractivity contribution in [3.63, 3.8) is 0 Å². The topological polar surface area (TPSA) is 74.8 Å². The van der Waals surface area contributed by atoms with Gasteiger partial charge in [-0.3, -0.25) is 4.79 Å². The molecule has 6 heteroatoms.